The van der Waals surface area contributed by atoms with Crippen LogP contribution < -0.4 is 16.2 Å². The van der Waals surface area contributed by atoms with Crippen LogP contribution in [0.15, 0.2) is 53.3 Å². The Morgan fingerprint density at radius 2 is 1.97 bits per heavy atom. The highest BCUT2D eigenvalue weighted by atomic mass is 19.1. The fraction of sp³-hybridized carbons (Fsp3) is 0.320. The van der Waals surface area contributed by atoms with Crippen LogP contribution in [0.5, 0.6) is 0 Å². The Labute approximate surface area is 185 Å². The number of aromatic nitrogens is 2. The molecule has 0 unspecified atom stereocenters. The quantitative estimate of drug-likeness (QED) is 0.567. The largest absolute Gasteiger partial charge is 0.370 e. The van der Waals surface area contributed by atoms with Gasteiger partial charge < -0.3 is 10.6 Å². The minimum Gasteiger partial charge on any atom is -0.370 e. The second-order valence-corrected chi connectivity index (χ2v) is 8.52. The molecule has 2 aliphatic rings. The summed E-state index contributed by atoms with van der Waals surface area (Å²) in [5.74, 6) is 1.28. The molecule has 1 atom stereocenters. The predicted octanol–water partition coefficient (Wildman–Crippen LogP) is 4.49. The number of rotatable bonds is 6. The molecule has 0 spiro atoms. The Morgan fingerprint density at radius 1 is 1.16 bits per heavy atom. The Bertz CT molecular complexity index is 1230. The van der Waals surface area contributed by atoms with Gasteiger partial charge in [0.25, 0.3) is 5.56 Å². The Hall–Kier alpha value is -3.50. The van der Waals surface area contributed by atoms with Crippen molar-refractivity contribution < 1.29 is 4.39 Å². The lowest BCUT2D eigenvalue weighted by atomic mass is 10.1. The molecule has 1 aromatic heterocycles. The molecule has 2 fully saturated rings. The summed E-state index contributed by atoms with van der Waals surface area (Å²) >= 11 is 0. The van der Waals surface area contributed by atoms with Gasteiger partial charge in [-0.1, -0.05) is 24.3 Å². The predicted molar refractivity (Wildman–Crippen MR) is 123 cm³/mol. The van der Waals surface area contributed by atoms with Crippen molar-refractivity contribution in [3.63, 3.8) is 0 Å². The summed E-state index contributed by atoms with van der Waals surface area (Å²) in [6.07, 6.45) is 3.49. The van der Waals surface area contributed by atoms with Gasteiger partial charge in [-0.25, -0.2) is 14.2 Å². The average Bonchev–Trinajstić information content (AvgIpc) is 3.52. The van der Waals surface area contributed by atoms with Crippen molar-refractivity contribution >= 4 is 11.5 Å². The van der Waals surface area contributed by atoms with Gasteiger partial charge in [0, 0.05) is 18.2 Å². The van der Waals surface area contributed by atoms with Crippen LogP contribution in [0.1, 0.15) is 30.7 Å². The van der Waals surface area contributed by atoms with Crippen molar-refractivity contribution in [3.05, 3.63) is 81.7 Å². The Morgan fingerprint density at radius 3 is 2.62 bits per heavy atom. The van der Waals surface area contributed by atoms with Gasteiger partial charge in [-0.15, -0.1) is 0 Å². The van der Waals surface area contributed by atoms with Crippen LogP contribution in [0.25, 0.3) is 21.9 Å². The molecule has 0 radical (unpaired) electrons. The zero-order chi connectivity index (χ0) is 22.1. The van der Waals surface area contributed by atoms with E-state index in [2.05, 4.69) is 15.5 Å². The molecule has 1 saturated heterocycles. The maximum atomic E-state index is 14.4. The van der Waals surface area contributed by atoms with Crippen LogP contribution in [0.4, 0.5) is 15.9 Å². The zero-order valence-electron chi connectivity index (χ0n) is 17.6. The summed E-state index contributed by atoms with van der Waals surface area (Å²) < 4.78 is 15.9. The third kappa shape index (κ3) is 4.14. The van der Waals surface area contributed by atoms with Crippen molar-refractivity contribution in [1.82, 2.24) is 14.9 Å². The van der Waals surface area contributed by atoms with Gasteiger partial charge in [0.15, 0.2) is 0 Å². The summed E-state index contributed by atoms with van der Waals surface area (Å²) in [5, 5.41) is 6.61. The van der Waals surface area contributed by atoms with Gasteiger partial charge in [0.2, 0.25) is 5.69 Å². The lowest BCUT2D eigenvalue weighted by molar-refractivity contribution is 0.614. The minimum absolute atomic E-state index is 0.0561. The van der Waals surface area contributed by atoms with Gasteiger partial charge in [-0.05, 0) is 68.0 Å². The van der Waals surface area contributed by atoms with Gasteiger partial charge >= 0.3 is 0 Å². The first-order chi connectivity index (χ1) is 15.6. The topological polar surface area (TPSA) is 63.3 Å². The number of nitrogens with one attached hydrogen (secondary N) is 2. The van der Waals surface area contributed by atoms with E-state index in [9.17, 15) is 9.18 Å². The number of hydrogen-bond acceptors (Lipinski definition) is 4. The molecule has 1 aliphatic heterocycles. The highest BCUT2D eigenvalue weighted by molar-refractivity contribution is 5.64. The van der Waals surface area contributed by atoms with Gasteiger partial charge in [0.1, 0.15) is 17.5 Å². The Balaban J connectivity index is 1.56. The average molecular weight is 429 g/mol. The van der Waals surface area contributed by atoms with Crippen LogP contribution >= 0.6 is 0 Å². The lowest BCUT2D eigenvalue weighted by Crippen LogP contribution is -2.24. The van der Waals surface area contributed by atoms with Crippen LogP contribution in [0, 0.1) is 18.3 Å². The van der Waals surface area contributed by atoms with Gasteiger partial charge in [-0.3, -0.25) is 9.36 Å². The normalized spacial score (nSPS) is 17.8. The highest BCUT2D eigenvalue weighted by Gasteiger charge is 2.23. The summed E-state index contributed by atoms with van der Waals surface area (Å²) in [6.45, 7) is 9.75. The SMILES string of the molecule is [C-]#[N+]c1ccc(-c2nc(NC[C@H]3CCNC3)cc(=O)n2-c2ccc(C3CC3)cc2)cc1F. The van der Waals surface area contributed by atoms with E-state index in [4.69, 9.17) is 11.6 Å². The van der Waals surface area contributed by atoms with Crippen molar-refractivity contribution in [1.29, 1.82) is 0 Å². The molecule has 162 valence electrons. The van der Waals surface area contributed by atoms with Crippen molar-refractivity contribution in [2.45, 2.75) is 25.2 Å². The smallest absolute Gasteiger partial charge is 0.260 e. The van der Waals surface area contributed by atoms with E-state index in [0.29, 0.717) is 41.3 Å². The first-order valence-corrected chi connectivity index (χ1v) is 11.0. The van der Waals surface area contributed by atoms with Crippen molar-refractivity contribution in [3.8, 4) is 17.1 Å². The molecule has 2 aromatic carbocycles. The molecule has 0 amide bonds. The molecule has 5 rings (SSSR count). The maximum absolute atomic E-state index is 14.4. The number of halogens is 1. The summed E-state index contributed by atoms with van der Waals surface area (Å²) in [4.78, 5) is 21.1. The van der Waals surface area contributed by atoms with Crippen LogP contribution in [0.3, 0.4) is 0 Å². The third-order valence-corrected chi connectivity index (χ3v) is 6.18. The molecule has 1 saturated carbocycles. The minimum atomic E-state index is -0.627. The molecule has 2 heterocycles. The fourth-order valence-electron chi connectivity index (χ4n) is 4.20. The monoisotopic (exact) mass is 429 g/mol. The van der Waals surface area contributed by atoms with E-state index in [-0.39, 0.29) is 11.2 Å². The molecule has 3 aromatic rings. The molecule has 7 heteroatoms. The van der Waals surface area contributed by atoms with Crippen LogP contribution in [0.2, 0.25) is 0 Å². The molecular weight excluding hydrogens is 405 g/mol. The van der Waals surface area contributed by atoms with E-state index in [1.807, 2.05) is 24.3 Å². The van der Waals surface area contributed by atoms with E-state index < -0.39 is 5.82 Å². The third-order valence-electron chi connectivity index (χ3n) is 6.18. The molecular formula is C25H24FN5O. The zero-order valence-corrected chi connectivity index (χ0v) is 17.6. The second-order valence-electron chi connectivity index (χ2n) is 8.52. The Kier molecular flexibility index (Phi) is 5.46. The number of hydrogen-bond donors (Lipinski definition) is 2. The summed E-state index contributed by atoms with van der Waals surface area (Å²) in [6, 6.07) is 13.8. The first kappa shape index (κ1) is 20.4. The lowest BCUT2D eigenvalue weighted by Gasteiger charge is -2.16. The fourth-order valence-corrected chi connectivity index (χ4v) is 4.20. The van der Waals surface area contributed by atoms with E-state index >= 15 is 0 Å². The molecule has 6 nitrogen and oxygen atoms in total. The molecule has 32 heavy (non-hydrogen) atoms. The highest BCUT2D eigenvalue weighted by Crippen LogP contribution is 2.40. The first-order valence-electron chi connectivity index (χ1n) is 11.0. The van der Waals surface area contributed by atoms with Crippen molar-refractivity contribution in [2.75, 3.05) is 25.0 Å². The second kappa shape index (κ2) is 8.56. The van der Waals surface area contributed by atoms with E-state index in [0.717, 1.165) is 19.5 Å². The maximum Gasteiger partial charge on any atom is 0.260 e. The molecule has 0 bridgehead atoms. The van der Waals surface area contributed by atoms with Crippen LogP contribution in [-0.2, 0) is 0 Å². The van der Waals surface area contributed by atoms with E-state index in [1.54, 1.807) is 6.07 Å². The van der Waals surface area contributed by atoms with Gasteiger partial charge in [0.05, 0.1) is 12.3 Å². The summed E-state index contributed by atoms with van der Waals surface area (Å²) in [5.41, 5.74) is 2.11. The molecule has 1 aliphatic carbocycles. The van der Waals surface area contributed by atoms with Crippen molar-refractivity contribution in [2.24, 2.45) is 5.92 Å². The van der Waals surface area contributed by atoms with E-state index in [1.165, 1.54) is 41.2 Å². The van der Waals surface area contributed by atoms with Crippen LogP contribution in [-0.4, -0.2) is 29.2 Å². The summed E-state index contributed by atoms with van der Waals surface area (Å²) in [7, 11) is 0. The van der Waals surface area contributed by atoms with Gasteiger partial charge in [-0.2, -0.15) is 0 Å². The number of benzene rings is 2. The molecule has 2 N–H and O–H groups in total. The number of nitrogens with zero attached hydrogens (tertiary/aromatic N) is 3. The standard InChI is InChI=1S/C25H24FN5O/c1-27-22-9-6-19(12-21(22)26)25-30-23(29-15-16-10-11-28-14-16)13-24(32)31(25)20-7-4-18(5-8-20)17-2-3-17/h4-9,12-13,16-17,28-29H,2-3,10-11,14-15H2/t16-/m0/s1. The number of anilines is 1.